The van der Waals surface area contributed by atoms with Gasteiger partial charge in [0, 0.05) is 25.2 Å². The zero-order valence-corrected chi connectivity index (χ0v) is 14.3. The summed E-state index contributed by atoms with van der Waals surface area (Å²) in [5, 5.41) is 0.859. The third kappa shape index (κ3) is 4.68. The van der Waals surface area contributed by atoms with Crippen LogP contribution < -0.4 is 5.73 Å². The van der Waals surface area contributed by atoms with Gasteiger partial charge < -0.3 is 10.6 Å². The van der Waals surface area contributed by atoms with Crippen molar-refractivity contribution in [3.05, 3.63) is 41.4 Å². The number of benzene rings is 1. The van der Waals surface area contributed by atoms with E-state index in [0.29, 0.717) is 11.4 Å². The number of carbonyl (C=O) groups excluding carboxylic acids is 1. The van der Waals surface area contributed by atoms with Crippen LogP contribution >= 0.6 is 36.2 Å². The number of likely N-dealkylation sites (N-methyl/N-ethyl adjacent to an activating group) is 1. The molecule has 0 bridgehead atoms. The van der Waals surface area contributed by atoms with Crippen LogP contribution in [0.3, 0.4) is 0 Å². The summed E-state index contributed by atoms with van der Waals surface area (Å²) in [6.45, 7) is 2.38. The molecule has 0 aliphatic carbocycles. The van der Waals surface area contributed by atoms with Gasteiger partial charge in [-0.1, -0.05) is 30.3 Å². The average Bonchev–Trinajstić information content (AvgIpc) is 2.95. The second-order valence-electron chi connectivity index (χ2n) is 4.40. The molecule has 0 aliphatic heterocycles. The molecular formula is C14H19Cl2N3OS. The summed E-state index contributed by atoms with van der Waals surface area (Å²) in [4.78, 5) is 18.8. The molecule has 116 valence electrons. The number of hydrogen-bond donors (Lipinski definition) is 1. The van der Waals surface area contributed by atoms with Crippen LogP contribution in [0.1, 0.15) is 16.6 Å². The molecule has 1 heterocycles. The Kier molecular flexibility index (Phi) is 8.51. The van der Waals surface area contributed by atoms with E-state index >= 15 is 0 Å². The summed E-state index contributed by atoms with van der Waals surface area (Å²) in [5.74, 6) is -0.0300. The first-order valence-electron chi connectivity index (χ1n) is 6.12. The van der Waals surface area contributed by atoms with Crippen LogP contribution in [0, 0.1) is 0 Å². The van der Waals surface area contributed by atoms with E-state index in [1.54, 1.807) is 18.1 Å². The van der Waals surface area contributed by atoms with E-state index in [1.807, 2.05) is 37.3 Å². The van der Waals surface area contributed by atoms with Crippen molar-refractivity contribution in [2.75, 3.05) is 13.6 Å². The molecule has 0 fully saturated rings. The maximum Gasteiger partial charge on any atom is 0.265 e. The van der Waals surface area contributed by atoms with Crippen LogP contribution in [0.15, 0.2) is 36.5 Å². The maximum atomic E-state index is 12.2. The molecule has 0 radical (unpaired) electrons. The molecule has 0 aliphatic rings. The van der Waals surface area contributed by atoms with E-state index < -0.39 is 0 Å². The first-order chi connectivity index (χ1) is 9.13. The highest BCUT2D eigenvalue weighted by molar-refractivity contribution is 7.16. The first-order valence-corrected chi connectivity index (χ1v) is 6.93. The molecule has 1 amide bonds. The van der Waals surface area contributed by atoms with E-state index in [2.05, 4.69) is 4.98 Å². The number of aromatic nitrogens is 1. The van der Waals surface area contributed by atoms with Gasteiger partial charge in [-0.2, -0.15) is 0 Å². The molecule has 1 aromatic heterocycles. The Bertz CT molecular complexity index is 562. The third-order valence-corrected chi connectivity index (χ3v) is 4.09. The van der Waals surface area contributed by atoms with Crippen LogP contribution in [-0.4, -0.2) is 35.4 Å². The fraction of sp³-hybridized carbons (Fsp3) is 0.286. The second-order valence-corrected chi connectivity index (χ2v) is 5.43. The Hall–Kier alpha value is -1.14. The predicted octanol–water partition coefficient (Wildman–Crippen LogP) is 3.07. The highest BCUT2D eigenvalue weighted by atomic mass is 35.5. The Morgan fingerprint density at radius 1 is 1.33 bits per heavy atom. The normalized spacial score (nSPS) is 11.0. The highest BCUT2D eigenvalue weighted by Crippen LogP contribution is 2.25. The van der Waals surface area contributed by atoms with E-state index in [-0.39, 0.29) is 36.8 Å². The van der Waals surface area contributed by atoms with E-state index in [1.165, 1.54) is 11.3 Å². The molecule has 0 saturated heterocycles. The monoisotopic (exact) mass is 347 g/mol. The first kappa shape index (κ1) is 19.9. The Morgan fingerprint density at radius 3 is 2.52 bits per heavy atom. The Morgan fingerprint density at radius 2 is 1.95 bits per heavy atom. The number of nitrogens with two attached hydrogens (primary N) is 1. The van der Waals surface area contributed by atoms with Gasteiger partial charge in [0.25, 0.3) is 5.91 Å². The van der Waals surface area contributed by atoms with Crippen molar-refractivity contribution >= 4 is 42.1 Å². The number of hydrogen-bond acceptors (Lipinski definition) is 4. The van der Waals surface area contributed by atoms with Gasteiger partial charge in [0.15, 0.2) is 0 Å². The average molecular weight is 348 g/mol. The third-order valence-electron chi connectivity index (χ3n) is 3.06. The lowest BCUT2D eigenvalue weighted by Crippen LogP contribution is -2.39. The number of halogens is 2. The van der Waals surface area contributed by atoms with Gasteiger partial charge >= 0.3 is 0 Å². The topological polar surface area (TPSA) is 59.2 Å². The molecular weight excluding hydrogens is 329 g/mol. The number of rotatable bonds is 4. The van der Waals surface area contributed by atoms with E-state index in [4.69, 9.17) is 5.73 Å². The Labute approximate surface area is 141 Å². The van der Waals surface area contributed by atoms with Crippen molar-refractivity contribution in [3.63, 3.8) is 0 Å². The van der Waals surface area contributed by atoms with Crippen LogP contribution in [0.5, 0.6) is 0 Å². The number of nitrogens with zero attached hydrogens (tertiary/aromatic N) is 2. The fourth-order valence-electron chi connectivity index (χ4n) is 1.62. The van der Waals surface area contributed by atoms with Gasteiger partial charge in [-0.05, 0) is 6.92 Å². The smallest absolute Gasteiger partial charge is 0.265 e. The molecule has 2 N–H and O–H groups in total. The fourth-order valence-corrected chi connectivity index (χ4v) is 2.52. The largest absolute Gasteiger partial charge is 0.337 e. The lowest BCUT2D eigenvalue weighted by atomic mass is 10.2. The van der Waals surface area contributed by atoms with Gasteiger partial charge in [-0.3, -0.25) is 4.79 Å². The van der Waals surface area contributed by atoms with Gasteiger partial charge in [0.2, 0.25) is 0 Å². The molecule has 7 heteroatoms. The SMILES string of the molecule is CC(CN)N(C)C(=O)c1cnc(-c2ccccc2)s1.Cl.Cl. The molecule has 1 atom stereocenters. The van der Waals surface area contributed by atoms with Gasteiger partial charge in [-0.15, -0.1) is 36.2 Å². The number of amides is 1. The van der Waals surface area contributed by atoms with Crippen molar-refractivity contribution < 1.29 is 4.79 Å². The van der Waals surface area contributed by atoms with E-state index in [0.717, 1.165) is 10.6 Å². The molecule has 0 spiro atoms. The Balaban J connectivity index is 0.00000200. The van der Waals surface area contributed by atoms with Crippen LogP contribution in [0.25, 0.3) is 10.6 Å². The van der Waals surface area contributed by atoms with Gasteiger partial charge in [-0.25, -0.2) is 4.98 Å². The van der Waals surface area contributed by atoms with E-state index in [9.17, 15) is 4.79 Å². The van der Waals surface area contributed by atoms with Crippen molar-refractivity contribution in [1.29, 1.82) is 0 Å². The van der Waals surface area contributed by atoms with Crippen LogP contribution in [0.2, 0.25) is 0 Å². The summed E-state index contributed by atoms with van der Waals surface area (Å²) in [6.07, 6.45) is 1.63. The molecule has 2 rings (SSSR count). The van der Waals surface area contributed by atoms with Gasteiger partial charge in [0.1, 0.15) is 9.88 Å². The van der Waals surface area contributed by atoms with Crippen molar-refractivity contribution in [1.82, 2.24) is 9.88 Å². The number of carbonyl (C=O) groups is 1. The molecule has 21 heavy (non-hydrogen) atoms. The molecule has 4 nitrogen and oxygen atoms in total. The maximum absolute atomic E-state index is 12.2. The minimum absolute atomic E-state index is 0. The highest BCUT2D eigenvalue weighted by Gasteiger charge is 2.19. The quantitative estimate of drug-likeness (QED) is 0.924. The minimum Gasteiger partial charge on any atom is -0.337 e. The molecule has 2 aromatic rings. The van der Waals surface area contributed by atoms with Crippen molar-refractivity contribution in [2.24, 2.45) is 5.73 Å². The summed E-state index contributed by atoms with van der Waals surface area (Å²) in [5.41, 5.74) is 6.61. The molecule has 1 unspecified atom stereocenters. The van der Waals surface area contributed by atoms with Crippen molar-refractivity contribution in [2.45, 2.75) is 13.0 Å². The van der Waals surface area contributed by atoms with Crippen molar-refractivity contribution in [3.8, 4) is 10.6 Å². The number of thiazole rings is 1. The molecule has 0 saturated carbocycles. The van der Waals surface area contributed by atoms with Gasteiger partial charge in [0.05, 0.1) is 6.20 Å². The summed E-state index contributed by atoms with van der Waals surface area (Å²) in [6, 6.07) is 9.87. The lowest BCUT2D eigenvalue weighted by molar-refractivity contribution is 0.0753. The zero-order chi connectivity index (χ0) is 13.8. The zero-order valence-electron chi connectivity index (χ0n) is 11.9. The lowest BCUT2D eigenvalue weighted by Gasteiger charge is -2.22. The molecule has 1 aromatic carbocycles. The second kappa shape index (κ2) is 9.00. The predicted molar refractivity (Wildman–Crippen MR) is 92.7 cm³/mol. The van der Waals surface area contributed by atoms with Crippen LogP contribution in [0.4, 0.5) is 0 Å². The summed E-state index contributed by atoms with van der Waals surface area (Å²) in [7, 11) is 1.77. The summed E-state index contributed by atoms with van der Waals surface area (Å²) >= 11 is 1.41. The van der Waals surface area contributed by atoms with Crippen LogP contribution in [-0.2, 0) is 0 Å². The summed E-state index contributed by atoms with van der Waals surface area (Å²) < 4.78 is 0. The minimum atomic E-state index is -0.0300. The standard InChI is InChI=1S/C14H17N3OS.2ClH/c1-10(8-15)17(2)14(18)12-9-16-13(19-12)11-6-4-3-5-7-11;;/h3-7,9-10H,8,15H2,1-2H3;2*1H.